The summed E-state index contributed by atoms with van der Waals surface area (Å²) >= 11 is 0. The Morgan fingerprint density at radius 3 is 1.86 bits per heavy atom. The van der Waals surface area contributed by atoms with Gasteiger partial charge in [-0.2, -0.15) is 0 Å². The molecule has 0 fully saturated rings. The number of unbranched alkanes of at least 4 members (excludes halogenated alkanes) is 10. The van der Waals surface area contributed by atoms with Gasteiger partial charge in [0.15, 0.2) is 0 Å². The van der Waals surface area contributed by atoms with Gasteiger partial charge in [-0.3, -0.25) is 0 Å². The molecule has 0 bridgehead atoms. The summed E-state index contributed by atoms with van der Waals surface area (Å²) < 4.78 is 0. The van der Waals surface area contributed by atoms with Crippen molar-refractivity contribution in [1.29, 1.82) is 0 Å². The topological polar surface area (TPSA) is 37.3 Å². The minimum atomic E-state index is -0.798. The van der Waals surface area contributed by atoms with Crippen molar-refractivity contribution in [3.05, 3.63) is 23.8 Å². The molecule has 1 N–H and O–H groups in total. The van der Waals surface area contributed by atoms with Gasteiger partial charge in [-0.15, -0.1) is 0 Å². The van der Waals surface area contributed by atoms with Gasteiger partial charge in [-0.1, -0.05) is 63.7 Å². The zero-order chi connectivity index (χ0) is 15.8. The molecule has 0 saturated carbocycles. The van der Waals surface area contributed by atoms with Crippen molar-refractivity contribution in [3.8, 4) is 0 Å². The third-order valence-electron chi connectivity index (χ3n) is 3.75. The van der Waals surface area contributed by atoms with Gasteiger partial charge in [0.05, 0.1) is 0 Å². The number of aliphatic carboxylic acids is 1. The van der Waals surface area contributed by atoms with Crippen molar-refractivity contribution in [2.45, 2.75) is 90.9 Å². The number of hydrogen-bond acceptors (Lipinski definition) is 1. The fourth-order valence-corrected chi connectivity index (χ4v) is 2.27. The molecule has 0 saturated heterocycles. The average molecular weight is 294 g/mol. The monoisotopic (exact) mass is 294 g/mol. The SMILES string of the molecule is CCCCCCCCC=CCCCCC/C=C(/C)C(=O)O. The number of carbonyl (C=O) groups is 1. The first-order valence-electron chi connectivity index (χ1n) is 8.73. The second-order valence-electron chi connectivity index (χ2n) is 5.86. The van der Waals surface area contributed by atoms with Crippen LogP contribution in [0, 0.1) is 0 Å². The molecule has 0 aromatic rings. The zero-order valence-corrected chi connectivity index (χ0v) is 14.1. The summed E-state index contributed by atoms with van der Waals surface area (Å²) in [6, 6.07) is 0. The smallest absolute Gasteiger partial charge is 0.330 e. The molecule has 0 rings (SSSR count). The van der Waals surface area contributed by atoms with Gasteiger partial charge in [0.1, 0.15) is 0 Å². The van der Waals surface area contributed by atoms with Crippen molar-refractivity contribution in [2.75, 3.05) is 0 Å². The number of allylic oxidation sites excluding steroid dienone is 3. The summed E-state index contributed by atoms with van der Waals surface area (Å²) in [5.41, 5.74) is 0.467. The molecule has 0 aliphatic heterocycles. The highest BCUT2D eigenvalue weighted by molar-refractivity contribution is 5.85. The first-order chi connectivity index (χ1) is 10.2. The molecule has 0 aliphatic rings. The molecule has 2 nitrogen and oxygen atoms in total. The van der Waals surface area contributed by atoms with Crippen molar-refractivity contribution in [1.82, 2.24) is 0 Å². The molecule has 122 valence electrons. The lowest BCUT2D eigenvalue weighted by atomic mass is 10.1. The van der Waals surface area contributed by atoms with E-state index < -0.39 is 5.97 Å². The van der Waals surface area contributed by atoms with Gasteiger partial charge in [0, 0.05) is 5.57 Å². The molecular formula is C19H34O2. The summed E-state index contributed by atoms with van der Waals surface area (Å²) in [6.45, 7) is 3.92. The lowest BCUT2D eigenvalue weighted by molar-refractivity contribution is -0.132. The van der Waals surface area contributed by atoms with Crippen molar-refractivity contribution in [2.24, 2.45) is 0 Å². The molecule has 0 aromatic heterocycles. The molecule has 0 amide bonds. The van der Waals surface area contributed by atoms with Gasteiger partial charge in [0.2, 0.25) is 0 Å². The standard InChI is InChI=1S/C19H34O2/c1-3-4-5-6-7-8-9-10-11-12-13-14-15-16-17-18(2)19(20)21/h10-11,17H,3-9,12-16H2,1-2H3,(H,20,21)/b11-10?,18-17-. The third kappa shape index (κ3) is 15.2. The van der Waals surface area contributed by atoms with E-state index in [9.17, 15) is 4.79 Å². The van der Waals surface area contributed by atoms with Crippen LogP contribution in [0.3, 0.4) is 0 Å². The van der Waals surface area contributed by atoms with E-state index in [1.54, 1.807) is 6.92 Å². The maximum absolute atomic E-state index is 10.6. The lowest BCUT2D eigenvalue weighted by Gasteiger charge is -1.98. The largest absolute Gasteiger partial charge is 0.478 e. The van der Waals surface area contributed by atoms with Crippen LogP contribution < -0.4 is 0 Å². The number of rotatable bonds is 14. The zero-order valence-electron chi connectivity index (χ0n) is 14.1. The Bertz CT molecular complexity index is 303. The van der Waals surface area contributed by atoms with Crippen LogP contribution in [0.5, 0.6) is 0 Å². The molecule has 0 aliphatic carbocycles. The van der Waals surface area contributed by atoms with E-state index in [1.807, 2.05) is 6.08 Å². The number of carboxylic acids is 1. The minimum absolute atomic E-state index is 0.467. The fraction of sp³-hybridized carbons (Fsp3) is 0.737. The first-order valence-corrected chi connectivity index (χ1v) is 8.73. The average Bonchev–Trinajstić information content (AvgIpc) is 2.47. The molecule has 0 unspecified atom stereocenters. The molecule has 0 heterocycles. The number of hydrogen-bond donors (Lipinski definition) is 1. The van der Waals surface area contributed by atoms with Crippen LogP contribution in [0.4, 0.5) is 0 Å². The summed E-state index contributed by atoms with van der Waals surface area (Å²) in [5.74, 6) is -0.798. The fourth-order valence-electron chi connectivity index (χ4n) is 2.27. The Morgan fingerprint density at radius 1 is 0.810 bits per heavy atom. The lowest BCUT2D eigenvalue weighted by Crippen LogP contribution is -1.95. The second kappa shape index (κ2) is 15.3. The predicted molar refractivity (Wildman–Crippen MR) is 91.6 cm³/mol. The number of carboxylic acid groups (broad SMARTS) is 1. The van der Waals surface area contributed by atoms with Crippen molar-refractivity contribution in [3.63, 3.8) is 0 Å². The predicted octanol–water partition coefficient (Wildman–Crippen LogP) is 6.27. The van der Waals surface area contributed by atoms with Crippen molar-refractivity contribution < 1.29 is 9.90 Å². The van der Waals surface area contributed by atoms with E-state index >= 15 is 0 Å². The third-order valence-corrected chi connectivity index (χ3v) is 3.75. The molecule has 0 spiro atoms. The van der Waals surface area contributed by atoms with Gasteiger partial charge in [-0.05, 0) is 45.4 Å². The van der Waals surface area contributed by atoms with Gasteiger partial charge in [0.25, 0.3) is 0 Å². The van der Waals surface area contributed by atoms with Crippen LogP contribution >= 0.6 is 0 Å². The van der Waals surface area contributed by atoms with Crippen LogP contribution in [0.2, 0.25) is 0 Å². The van der Waals surface area contributed by atoms with Crippen LogP contribution in [0.25, 0.3) is 0 Å². The van der Waals surface area contributed by atoms with Crippen LogP contribution in [0.15, 0.2) is 23.8 Å². The van der Waals surface area contributed by atoms with Gasteiger partial charge < -0.3 is 5.11 Å². The van der Waals surface area contributed by atoms with Crippen LogP contribution in [-0.4, -0.2) is 11.1 Å². The quantitative estimate of drug-likeness (QED) is 0.233. The Hall–Kier alpha value is -1.05. The summed E-state index contributed by atoms with van der Waals surface area (Å²) in [7, 11) is 0. The van der Waals surface area contributed by atoms with Gasteiger partial charge >= 0.3 is 5.97 Å². The Kier molecular flexibility index (Phi) is 14.6. The highest BCUT2D eigenvalue weighted by Crippen LogP contribution is 2.09. The van der Waals surface area contributed by atoms with Crippen LogP contribution in [0.1, 0.15) is 90.9 Å². The van der Waals surface area contributed by atoms with Crippen LogP contribution in [-0.2, 0) is 4.79 Å². The van der Waals surface area contributed by atoms with Gasteiger partial charge in [-0.25, -0.2) is 4.79 Å². The van der Waals surface area contributed by atoms with E-state index in [0.29, 0.717) is 5.57 Å². The summed E-state index contributed by atoms with van der Waals surface area (Å²) in [4.78, 5) is 10.6. The van der Waals surface area contributed by atoms with E-state index in [1.165, 1.54) is 57.8 Å². The van der Waals surface area contributed by atoms with E-state index in [0.717, 1.165) is 19.3 Å². The maximum Gasteiger partial charge on any atom is 0.330 e. The highest BCUT2D eigenvalue weighted by Gasteiger charge is 1.97. The molecule has 21 heavy (non-hydrogen) atoms. The Balaban J connectivity index is 3.26. The summed E-state index contributed by atoms with van der Waals surface area (Å²) in [5, 5.41) is 8.71. The molecule has 0 radical (unpaired) electrons. The van der Waals surface area contributed by atoms with E-state index in [-0.39, 0.29) is 0 Å². The molecule has 2 heteroatoms. The first kappa shape index (κ1) is 19.9. The second-order valence-corrected chi connectivity index (χ2v) is 5.86. The molecular weight excluding hydrogens is 260 g/mol. The van der Waals surface area contributed by atoms with Crippen molar-refractivity contribution >= 4 is 5.97 Å². The highest BCUT2D eigenvalue weighted by atomic mass is 16.4. The van der Waals surface area contributed by atoms with E-state index in [2.05, 4.69) is 19.1 Å². The van der Waals surface area contributed by atoms with E-state index in [4.69, 9.17) is 5.11 Å². The Morgan fingerprint density at radius 2 is 1.29 bits per heavy atom. The summed E-state index contributed by atoms with van der Waals surface area (Å²) in [6.07, 6.45) is 21.5. The minimum Gasteiger partial charge on any atom is -0.478 e. The maximum atomic E-state index is 10.6. The molecule has 0 aromatic carbocycles. The Labute approximate surface area is 131 Å². The normalized spacial score (nSPS) is 12.2. The molecule has 0 atom stereocenters.